The molecule has 0 unspecified atom stereocenters. The van der Waals surface area contributed by atoms with Crippen LogP contribution in [0.2, 0.25) is 0 Å². The summed E-state index contributed by atoms with van der Waals surface area (Å²) in [4.78, 5) is 9.56. The van der Waals surface area contributed by atoms with Crippen LogP contribution in [-0.4, -0.2) is 64.2 Å². The molecule has 0 bridgehead atoms. The Morgan fingerprint density at radius 2 is 0.762 bits per heavy atom. The molecule has 21 heavy (non-hydrogen) atoms. The van der Waals surface area contributed by atoms with Gasteiger partial charge in [-0.3, -0.25) is 0 Å². The van der Waals surface area contributed by atoms with Crippen LogP contribution in [0.4, 0.5) is 0 Å². The molecule has 0 aliphatic rings. The van der Waals surface area contributed by atoms with E-state index in [1.807, 2.05) is 0 Å². The molecule has 0 fully saturated rings. The predicted molar refractivity (Wildman–Crippen MR) is 97.8 cm³/mol. The molecule has 0 amide bonds. The van der Waals surface area contributed by atoms with Gasteiger partial charge in [-0.1, -0.05) is 0 Å². The Bertz CT molecular complexity index is 638. The Labute approximate surface area is 148 Å². The van der Waals surface area contributed by atoms with E-state index in [1.165, 1.54) is 0 Å². The van der Waals surface area contributed by atoms with Crippen LogP contribution in [0, 0.1) is 0 Å². The average Bonchev–Trinajstić information content (AvgIpc) is 3.32. The van der Waals surface area contributed by atoms with Crippen molar-refractivity contribution in [2.45, 2.75) is 0 Å². The molecular weight excluding hydrogens is 519 g/mol. The minimum absolute atomic E-state index is 0.526. The van der Waals surface area contributed by atoms with E-state index in [-0.39, 0.29) is 0 Å². The predicted octanol–water partition coefficient (Wildman–Crippen LogP) is -0.708. The topological polar surface area (TPSA) is 0 Å². The van der Waals surface area contributed by atoms with E-state index in [1.54, 1.807) is 17.3 Å². The molecule has 4 heterocycles. The maximum atomic E-state index is 2.43. The summed E-state index contributed by atoms with van der Waals surface area (Å²) in [5.41, 5.74) is 0. The van der Waals surface area contributed by atoms with Gasteiger partial charge in [0.05, 0.1) is 0 Å². The zero-order valence-corrected chi connectivity index (χ0v) is 18.0. The summed E-state index contributed by atoms with van der Waals surface area (Å²) >= 11 is 2.11. The second-order valence-electron chi connectivity index (χ2n) is 4.93. The maximum absolute atomic E-state index is 2.43. The average molecular weight is 531 g/mol. The summed E-state index contributed by atoms with van der Waals surface area (Å²) in [6, 6.07) is 18.9. The van der Waals surface area contributed by atoms with Gasteiger partial charge in [0, 0.05) is 0 Å². The first-order valence-electron chi connectivity index (χ1n) is 6.74. The summed E-state index contributed by atoms with van der Waals surface area (Å²) in [6.07, 6.45) is -0.722. The first-order valence-corrected chi connectivity index (χ1v) is 14.1. The molecule has 0 aliphatic carbocycles. The summed E-state index contributed by atoms with van der Waals surface area (Å²) in [5.74, 6) is 0. The van der Waals surface area contributed by atoms with Crippen LogP contribution in [0.25, 0.3) is 0 Å². The molecule has 0 N–H and O–H groups in total. The Morgan fingerprint density at radius 3 is 0.952 bits per heavy atom. The second-order valence-corrected chi connectivity index (χ2v) is 13.1. The second kappa shape index (κ2) is 6.28. The molecule has 0 saturated heterocycles. The van der Waals surface area contributed by atoms with E-state index < -0.39 is 6.15 Å². The first kappa shape index (κ1) is 14.6. The molecule has 0 saturated carbocycles. The fraction of sp³-hybridized carbons (Fsp3) is 0. The van der Waals surface area contributed by atoms with Crippen molar-refractivity contribution in [3.05, 3.63) is 68.3 Å². The van der Waals surface area contributed by atoms with Crippen molar-refractivity contribution in [1.29, 1.82) is 0 Å². The van der Waals surface area contributed by atoms with E-state index in [2.05, 4.69) is 68.3 Å². The Balaban J connectivity index is 2.10. The van der Waals surface area contributed by atoms with E-state index in [4.69, 9.17) is 0 Å². The third kappa shape index (κ3) is 2.41. The monoisotopic (exact) mass is 535 g/mol. The zero-order chi connectivity index (χ0) is 14.1. The molecule has 0 atom stereocenters. The summed E-state index contributed by atoms with van der Waals surface area (Å²) in [5, 5.41) is 0. The van der Waals surface area contributed by atoms with Crippen LogP contribution < -0.4 is 17.3 Å². The fourth-order valence-electron chi connectivity index (χ4n) is 2.99. The standard InChI is InChI=1S/C16H12BSe4/c1-5-13(18-9-1)17(14-6-2-10-19-14,15-7-3-11-20-15)16-8-4-12-21-16/h1-12H/q-1. The van der Waals surface area contributed by atoms with Gasteiger partial charge >= 0.3 is 150 Å². The molecule has 0 aliphatic heterocycles. The fourth-order valence-corrected chi connectivity index (χ4v) is 14.1. The molecule has 0 nitrogen and oxygen atoms in total. The molecule has 0 spiro atoms. The Hall–Kier alpha value is 0.0629. The van der Waals surface area contributed by atoms with E-state index in [9.17, 15) is 0 Å². The Kier molecular flexibility index (Phi) is 4.38. The molecule has 5 heteroatoms. The summed E-state index contributed by atoms with van der Waals surface area (Å²) in [6.45, 7) is 0. The third-order valence-electron chi connectivity index (χ3n) is 3.88. The van der Waals surface area contributed by atoms with Gasteiger partial charge in [-0.15, -0.1) is 0 Å². The summed E-state index contributed by atoms with van der Waals surface area (Å²) < 4.78 is 6.86. The van der Waals surface area contributed by atoms with Gasteiger partial charge in [-0.05, 0) is 0 Å². The van der Waals surface area contributed by atoms with Crippen LogP contribution in [0.1, 0.15) is 0 Å². The van der Waals surface area contributed by atoms with Gasteiger partial charge in [0.2, 0.25) is 0 Å². The molecule has 4 rings (SSSR count). The molecule has 4 aromatic heterocycles. The van der Waals surface area contributed by atoms with Gasteiger partial charge in [-0.2, -0.15) is 0 Å². The molecule has 104 valence electrons. The van der Waals surface area contributed by atoms with Crippen LogP contribution in [0.5, 0.6) is 0 Å². The SMILES string of the molecule is c1c[se]c([B-](c2ccc[se]2)(c2ccc[se]2)c2ccc[se]2)c1. The molecular formula is C16H12BSe4-. The summed E-state index contributed by atoms with van der Waals surface area (Å²) in [7, 11) is 0. The number of hydrogen-bond donors (Lipinski definition) is 0. The van der Waals surface area contributed by atoms with Crippen LogP contribution >= 0.6 is 0 Å². The molecule has 0 radical (unpaired) electrons. The van der Waals surface area contributed by atoms with E-state index in [0.29, 0.717) is 58.0 Å². The van der Waals surface area contributed by atoms with Gasteiger partial charge in [-0.25, -0.2) is 0 Å². The minimum atomic E-state index is -0.722. The normalized spacial score (nSPS) is 11.8. The third-order valence-corrected chi connectivity index (χ3v) is 12.7. The van der Waals surface area contributed by atoms with Gasteiger partial charge < -0.3 is 0 Å². The van der Waals surface area contributed by atoms with Gasteiger partial charge in [0.25, 0.3) is 0 Å². The first-order chi connectivity index (χ1) is 10.4. The van der Waals surface area contributed by atoms with Crippen LogP contribution in [0.3, 0.4) is 0 Å². The van der Waals surface area contributed by atoms with Crippen molar-refractivity contribution in [2.24, 2.45) is 0 Å². The van der Waals surface area contributed by atoms with Crippen molar-refractivity contribution in [1.82, 2.24) is 0 Å². The van der Waals surface area contributed by atoms with Crippen molar-refractivity contribution >= 4 is 81.5 Å². The van der Waals surface area contributed by atoms with Crippen molar-refractivity contribution < 1.29 is 0 Å². The van der Waals surface area contributed by atoms with E-state index >= 15 is 0 Å². The Morgan fingerprint density at radius 1 is 0.476 bits per heavy atom. The van der Waals surface area contributed by atoms with Gasteiger partial charge in [0.15, 0.2) is 0 Å². The van der Waals surface area contributed by atoms with Gasteiger partial charge in [0.1, 0.15) is 0 Å². The number of rotatable bonds is 4. The molecule has 0 aromatic carbocycles. The van der Waals surface area contributed by atoms with Crippen molar-refractivity contribution in [2.75, 3.05) is 0 Å². The van der Waals surface area contributed by atoms with Crippen LogP contribution in [-0.2, 0) is 0 Å². The number of hydrogen-bond acceptors (Lipinski definition) is 0. The van der Waals surface area contributed by atoms with Crippen molar-refractivity contribution in [3.63, 3.8) is 0 Å². The van der Waals surface area contributed by atoms with Crippen LogP contribution in [0.15, 0.2) is 68.3 Å². The molecule has 4 aromatic rings. The quantitative estimate of drug-likeness (QED) is 0.306. The van der Waals surface area contributed by atoms with Crippen molar-refractivity contribution in [3.8, 4) is 0 Å². The van der Waals surface area contributed by atoms with E-state index in [0.717, 1.165) is 0 Å². The zero-order valence-electron chi connectivity index (χ0n) is 11.1.